The van der Waals surface area contributed by atoms with E-state index in [-0.39, 0.29) is 31.1 Å². The zero-order valence-corrected chi connectivity index (χ0v) is 19.5. The number of thiazole rings is 1. The van der Waals surface area contributed by atoms with Crippen molar-refractivity contribution >= 4 is 28.8 Å². The molecule has 3 aromatic rings. The van der Waals surface area contributed by atoms with Gasteiger partial charge < -0.3 is 15.0 Å². The van der Waals surface area contributed by atoms with Crippen molar-refractivity contribution in [2.75, 3.05) is 25.0 Å². The summed E-state index contributed by atoms with van der Waals surface area (Å²) in [6, 6.07) is 12.2. The number of para-hydroxylation sites is 1. The van der Waals surface area contributed by atoms with Crippen LogP contribution in [0.4, 0.5) is 18.9 Å². The SMILES string of the molecule is CCOc1ccc(-c2nc(CC(=O)N(CC)CC(=O)Nc3ccccc3C(F)(F)F)cs2)cc1. The molecule has 34 heavy (non-hydrogen) atoms. The van der Waals surface area contributed by atoms with Crippen molar-refractivity contribution in [2.24, 2.45) is 0 Å². The van der Waals surface area contributed by atoms with E-state index in [4.69, 9.17) is 4.74 Å². The van der Waals surface area contributed by atoms with E-state index in [1.807, 2.05) is 31.2 Å². The van der Waals surface area contributed by atoms with E-state index in [1.54, 1.807) is 12.3 Å². The number of likely N-dealkylation sites (N-methyl/N-ethyl adjacent to an activating group) is 1. The van der Waals surface area contributed by atoms with Crippen molar-refractivity contribution in [1.82, 2.24) is 9.88 Å². The number of aromatic nitrogens is 1. The van der Waals surface area contributed by atoms with Crippen LogP contribution < -0.4 is 10.1 Å². The Balaban J connectivity index is 1.62. The smallest absolute Gasteiger partial charge is 0.418 e. The molecule has 0 atom stereocenters. The third kappa shape index (κ3) is 6.57. The normalized spacial score (nSPS) is 11.2. The molecule has 0 aliphatic carbocycles. The first-order valence-corrected chi connectivity index (χ1v) is 11.5. The molecule has 1 heterocycles. The number of alkyl halides is 3. The molecule has 10 heteroatoms. The average molecular weight is 492 g/mol. The Hall–Kier alpha value is -3.40. The highest BCUT2D eigenvalue weighted by atomic mass is 32.1. The van der Waals surface area contributed by atoms with Gasteiger partial charge in [-0.05, 0) is 50.2 Å². The average Bonchev–Trinajstić information content (AvgIpc) is 3.26. The molecule has 0 bridgehead atoms. The molecule has 1 aromatic heterocycles. The molecule has 0 saturated heterocycles. The number of rotatable bonds is 9. The summed E-state index contributed by atoms with van der Waals surface area (Å²) >= 11 is 1.39. The summed E-state index contributed by atoms with van der Waals surface area (Å²) in [5.74, 6) is -0.293. The molecule has 0 unspecified atom stereocenters. The second-order valence-electron chi connectivity index (χ2n) is 7.28. The number of carbonyl (C=O) groups excluding carboxylic acids is 2. The highest BCUT2D eigenvalue weighted by Gasteiger charge is 2.33. The van der Waals surface area contributed by atoms with Gasteiger partial charge in [-0.1, -0.05) is 12.1 Å². The molecule has 6 nitrogen and oxygen atoms in total. The molecule has 2 amide bonds. The van der Waals surface area contributed by atoms with Gasteiger partial charge in [0.1, 0.15) is 10.8 Å². The molecule has 1 N–H and O–H groups in total. The van der Waals surface area contributed by atoms with Crippen molar-refractivity contribution in [3.63, 3.8) is 0 Å². The monoisotopic (exact) mass is 491 g/mol. The number of hydrogen-bond donors (Lipinski definition) is 1. The Kier molecular flexibility index (Phi) is 8.27. The van der Waals surface area contributed by atoms with Crippen LogP contribution in [0, 0.1) is 0 Å². The molecule has 180 valence electrons. The number of hydrogen-bond acceptors (Lipinski definition) is 5. The van der Waals surface area contributed by atoms with Gasteiger partial charge in [0, 0.05) is 17.5 Å². The van der Waals surface area contributed by atoms with Crippen molar-refractivity contribution in [3.05, 3.63) is 65.2 Å². The first-order chi connectivity index (χ1) is 16.2. The lowest BCUT2D eigenvalue weighted by Crippen LogP contribution is -2.39. The van der Waals surface area contributed by atoms with Crippen LogP contribution in [0.2, 0.25) is 0 Å². The van der Waals surface area contributed by atoms with Gasteiger partial charge in [0.05, 0.1) is 36.5 Å². The van der Waals surface area contributed by atoms with Gasteiger partial charge in [0.2, 0.25) is 11.8 Å². The predicted octanol–water partition coefficient (Wildman–Crippen LogP) is 5.26. The molecule has 0 aliphatic rings. The summed E-state index contributed by atoms with van der Waals surface area (Å²) in [4.78, 5) is 30.9. The van der Waals surface area contributed by atoms with Gasteiger partial charge in [0.25, 0.3) is 0 Å². The summed E-state index contributed by atoms with van der Waals surface area (Å²) in [5.41, 5.74) is 0.160. The highest BCUT2D eigenvalue weighted by molar-refractivity contribution is 7.13. The lowest BCUT2D eigenvalue weighted by molar-refractivity contribution is -0.137. The van der Waals surface area contributed by atoms with Crippen LogP contribution in [0.5, 0.6) is 5.75 Å². The van der Waals surface area contributed by atoms with Gasteiger partial charge in [0.15, 0.2) is 0 Å². The van der Waals surface area contributed by atoms with Crippen LogP contribution >= 0.6 is 11.3 Å². The minimum Gasteiger partial charge on any atom is -0.494 e. The topological polar surface area (TPSA) is 71.5 Å². The van der Waals surface area contributed by atoms with Crippen LogP contribution in [0.3, 0.4) is 0 Å². The zero-order chi connectivity index (χ0) is 24.7. The number of ether oxygens (including phenoxy) is 1. The first kappa shape index (κ1) is 25.2. The van der Waals surface area contributed by atoms with Gasteiger partial charge in [-0.2, -0.15) is 13.2 Å². The number of amides is 2. The Labute approximate surface area is 199 Å². The number of carbonyl (C=O) groups is 2. The molecule has 2 aromatic carbocycles. The summed E-state index contributed by atoms with van der Waals surface area (Å²) in [7, 11) is 0. The molecule has 0 saturated carbocycles. The third-order valence-electron chi connectivity index (χ3n) is 4.87. The van der Waals surface area contributed by atoms with Crippen LogP contribution in [0.25, 0.3) is 10.6 Å². The van der Waals surface area contributed by atoms with E-state index in [0.717, 1.165) is 22.4 Å². The first-order valence-electron chi connectivity index (χ1n) is 10.6. The fourth-order valence-corrected chi connectivity index (χ4v) is 4.05. The molecule has 3 rings (SSSR count). The minimum absolute atomic E-state index is 0.0201. The van der Waals surface area contributed by atoms with E-state index in [2.05, 4.69) is 10.3 Å². The van der Waals surface area contributed by atoms with Crippen molar-refractivity contribution in [2.45, 2.75) is 26.4 Å². The molecule has 0 radical (unpaired) electrons. The fraction of sp³-hybridized carbons (Fsp3) is 0.292. The fourth-order valence-electron chi connectivity index (χ4n) is 3.23. The second-order valence-corrected chi connectivity index (χ2v) is 8.14. The quantitative estimate of drug-likeness (QED) is 0.443. The van der Waals surface area contributed by atoms with Crippen molar-refractivity contribution < 1.29 is 27.5 Å². The summed E-state index contributed by atoms with van der Waals surface area (Å²) < 4.78 is 44.9. The van der Waals surface area contributed by atoms with Crippen LogP contribution in [-0.4, -0.2) is 41.4 Å². The number of nitrogens with zero attached hydrogens (tertiary/aromatic N) is 2. The van der Waals surface area contributed by atoms with Crippen molar-refractivity contribution in [1.29, 1.82) is 0 Å². The van der Waals surface area contributed by atoms with Gasteiger partial charge in [-0.25, -0.2) is 4.98 Å². The number of halogens is 3. The Morgan fingerprint density at radius 2 is 1.79 bits per heavy atom. The molecule has 0 fully saturated rings. The molecular formula is C24H24F3N3O3S. The number of nitrogens with one attached hydrogen (secondary N) is 1. The zero-order valence-electron chi connectivity index (χ0n) is 18.7. The van der Waals surface area contributed by atoms with E-state index in [1.165, 1.54) is 34.4 Å². The lowest BCUT2D eigenvalue weighted by Gasteiger charge is -2.21. The number of benzene rings is 2. The molecule has 0 spiro atoms. The number of anilines is 1. The van der Waals surface area contributed by atoms with Crippen LogP contribution in [0.15, 0.2) is 53.9 Å². The standard InChI is InChI=1S/C24H24F3N3O3S/c1-3-30(14-21(31)29-20-8-6-5-7-19(20)24(25,26)27)22(32)13-17-15-34-23(28-17)16-9-11-18(12-10-16)33-4-2/h5-12,15H,3-4,13-14H2,1-2H3,(H,29,31). The Morgan fingerprint density at radius 3 is 2.44 bits per heavy atom. The van der Waals surface area contributed by atoms with E-state index < -0.39 is 17.6 Å². The molecular weight excluding hydrogens is 467 g/mol. The third-order valence-corrected chi connectivity index (χ3v) is 5.81. The molecule has 0 aliphatic heterocycles. The van der Waals surface area contributed by atoms with Crippen LogP contribution in [0.1, 0.15) is 25.1 Å². The van der Waals surface area contributed by atoms with E-state index in [0.29, 0.717) is 12.3 Å². The maximum absolute atomic E-state index is 13.1. The Morgan fingerprint density at radius 1 is 1.09 bits per heavy atom. The highest BCUT2D eigenvalue weighted by Crippen LogP contribution is 2.34. The second kappa shape index (κ2) is 11.1. The minimum atomic E-state index is -4.60. The van der Waals surface area contributed by atoms with Gasteiger partial charge >= 0.3 is 6.18 Å². The van der Waals surface area contributed by atoms with Crippen LogP contribution in [-0.2, 0) is 22.2 Å². The van der Waals surface area contributed by atoms with E-state index in [9.17, 15) is 22.8 Å². The van der Waals surface area contributed by atoms with Gasteiger partial charge in [-0.3, -0.25) is 9.59 Å². The largest absolute Gasteiger partial charge is 0.494 e. The predicted molar refractivity (Wildman–Crippen MR) is 125 cm³/mol. The maximum atomic E-state index is 13.1. The van der Waals surface area contributed by atoms with Crippen molar-refractivity contribution in [3.8, 4) is 16.3 Å². The lowest BCUT2D eigenvalue weighted by atomic mass is 10.1. The maximum Gasteiger partial charge on any atom is 0.418 e. The summed E-state index contributed by atoms with van der Waals surface area (Å²) in [5, 5.41) is 4.78. The summed E-state index contributed by atoms with van der Waals surface area (Å²) in [6.45, 7) is 4.04. The van der Waals surface area contributed by atoms with E-state index >= 15 is 0 Å². The van der Waals surface area contributed by atoms with Gasteiger partial charge in [-0.15, -0.1) is 11.3 Å². The Bertz CT molecular complexity index is 1130. The summed E-state index contributed by atoms with van der Waals surface area (Å²) in [6.07, 6.45) is -4.62.